The molecule has 2 unspecified atom stereocenters. The molecule has 2 fully saturated rings. The minimum atomic E-state index is -0.789. The average molecular weight is 199 g/mol. The number of nitrogens with zero attached hydrogens (tertiary/aromatic N) is 2. The molecule has 0 saturated carbocycles. The number of fused-ring (bicyclic) bond motifs is 1. The summed E-state index contributed by atoms with van der Waals surface area (Å²) in [6, 6.07) is 0.897. The number of piperazine rings is 2. The largest absolute Gasteiger partial charge is 0.465 e. The van der Waals surface area contributed by atoms with Gasteiger partial charge >= 0.3 is 6.09 Å². The maximum Gasteiger partial charge on any atom is 0.407 e. The van der Waals surface area contributed by atoms with Crippen molar-refractivity contribution in [3.8, 4) is 0 Å². The zero-order valence-corrected chi connectivity index (χ0v) is 8.44. The standard InChI is InChI=1S/C9H17N3O2/c1-7-4-10-5-8-6-11(9(13)14)2-3-12(7)8/h7-8,10H,2-6H2,1H3,(H,13,14). The van der Waals surface area contributed by atoms with Gasteiger partial charge in [-0.1, -0.05) is 0 Å². The molecule has 0 aromatic rings. The molecule has 2 aliphatic rings. The zero-order chi connectivity index (χ0) is 10.1. The van der Waals surface area contributed by atoms with E-state index in [1.54, 1.807) is 0 Å². The van der Waals surface area contributed by atoms with E-state index in [0.29, 0.717) is 25.2 Å². The van der Waals surface area contributed by atoms with E-state index in [4.69, 9.17) is 5.11 Å². The first-order chi connectivity index (χ1) is 6.68. The van der Waals surface area contributed by atoms with Crippen LogP contribution in [-0.4, -0.2) is 65.8 Å². The highest BCUT2D eigenvalue weighted by Gasteiger charge is 2.34. The van der Waals surface area contributed by atoms with Crippen molar-refractivity contribution in [2.24, 2.45) is 0 Å². The summed E-state index contributed by atoms with van der Waals surface area (Å²) >= 11 is 0. The van der Waals surface area contributed by atoms with Gasteiger partial charge in [0.15, 0.2) is 0 Å². The highest BCUT2D eigenvalue weighted by atomic mass is 16.4. The molecule has 2 N–H and O–H groups in total. The van der Waals surface area contributed by atoms with Crippen molar-refractivity contribution < 1.29 is 9.90 Å². The van der Waals surface area contributed by atoms with Crippen molar-refractivity contribution >= 4 is 6.09 Å². The van der Waals surface area contributed by atoms with Crippen LogP contribution in [0, 0.1) is 0 Å². The van der Waals surface area contributed by atoms with Crippen LogP contribution in [0.1, 0.15) is 6.92 Å². The minimum absolute atomic E-state index is 0.364. The van der Waals surface area contributed by atoms with E-state index in [1.807, 2.05) is 0 Å². The first-order valence-electron chi connectivity index (χ1n) is 5.13. The highest BCUT2D eigenvalue weighted by molar-refractivity contribution is 5.65. The van der Waals surface area contributed by atoms with E-state index in [1.165, 1.54) is 4.90 Å². The quantitative estimate of drug-likeness (QED) is 0.559. The van der Waals surface area contributed by atoms with E-state index in [-0.39, 0.29) is 0 Å². The van der Waals surface area contributed by atoms with E-state index >= 15 is 0 Å². The van der Waals surface area contributed by atoms with Crippen LogP contribution >= 0.6 is 0 Å². The average Bonchev–Trinajstić information content (AvgIpc) is 2.17. The fraction of sp³-hybridized carbons (Fsp3) is 0.889. The predicted octanol–water partition coefficient (Wildman–Crippen LogP) is -0.358. The molecule has 0 spiro atoms. The number of carboxylic acid groups (broad SMARTS) is 1. The van der Waals surface area contributed by atoms with Gasteiger partial charge in [0.25, 0.3) is 0 Å². The molecule has 0 aromatic carbocycles. The molecule has 80 valence electrons. The second-order valence-electron chi connectivity index (χ2n) is 4.13. The van der Waals surface area contributed by atoms with Crippen molar-refractivity contribution in [2.45, 2.75) is 19.0 Å². The second-order valence-corrected chi connectivity index (χ2v) is 4.13. The Kier molecular flexibility index (Phi) is 2.60. The first-order valence-corrected chi connectivity index (χ1v) is 5.13. The molecule has 2 rings (SSSR count). The van der Waals surface area contributed by atoms with Gasteiger partial charge in [-0.25, -0.2) is 4.79 Å². The van der Waals surface area contributed by atoms with Crippen LogP contribution < -0.4 is 5.32 Å². The summed E-state index contributed by atoms with van der Waals surface area (Å²) in [7, 11) is 0. The Morgan fingerprint density at radius 1 is 1.43 bits per heavy atom. The maximum atomic E-state index is 10.8. The second kappa shape index (κ2) is 3.74. The van der Waals surface area contributed by atoms with Crippen molar-refractivity contribution in [1.82, 2.24) is 15.1 Å². The monoisotopic (exact) mass is 199 g/mol. The number of amides is 1. The van der Waals surface area contributed by atoms with E-state index in [9.17, 15) is 4.79 Å². The summed E-state index contributed by atoms with van der Waals surface area (Å²) in [5.41, 5.74) is 0. The van der Waals surface area contributed by atoms with Crippen LogP contribution in [0.5, 0.6) is 0 Å². The van der Waals surface area contributed by atoms with Gasteiger partial charge in [-0.2, -0.15) is 0 Å². The summed E-state index contributed by atoms with van der Waals surface area (Å²) in [6.07, 6.45) is -0.789. The molecule has 5 nitrogen and oxygen atoms in total. The van der Waals surface area contributed by atoms with Crippen molar-refractivity contribution in [3.63, 3.8) is 0 Å². The summed E-state index contributed by atoms with van der Waals surface area (Å²) < 4.78 is 0. The lowest BCUT2D eigenvalue weighted by Gasteiger charge is -2.46. The van der Waals surface area contributed by atoms with Gasteiger partial charge in [0.1, 0.15) is 0 Å². The molecule has 2 aliphatic heterocycles. The molecular weight excluding hydrogens is 182 g/mol. The fourth-order valence-corrected chi connectivity index (χ4v) is 2.38. The molecular formula is C9H17N3O2. The summed E-state index contributed by atoms with van der Waals surface area (Å²) in [4.78, 5) is 14.7. The summed E-state index contributed by atoms with van der Waals surface area (Å²) in [5.74, 6) is 0. The van der Waals surface area contributed by atoms with E-state index < -0.39 is 6.09 Å². The third-order valence-corrected chi connectivity index (χ3v) is 3.18. The Balaban J connectivity index is 1.99. The molecule has 14 heavy (non-hydrogen) atoms. The lowest BCUT2D eigenvalue weighted by Crippen LogP contribution is -2.64. The molecule has 0 aliphatic carbocycles. The highest BCUT2D eigenvalue weighted by Crippen LogP contribution is 2.15. The Morgan fingerprint density at radius 3 is 2.93 bits per heavy atom. The molecule has 1 amide bonds. The van der Waals surface area contributed by atoms with Crippen molar-refractivity contribution in [3.05, 3.63) is 0 Å². The van der Waals surface area contributed by atoms with Gasteiger partial charge in [-0.15, -0.1) is 0 Å². The van der Waals surface area contributed by atoms with Crippen LogP contribution in [0.15, 0.2) is 0 Å². The predicted molar refractivity (Wildman–Crippen MR) is 52.4 cm³/mol. The third kappa shape index (κ3) is 1.69. The van der Waals surface area contributed by atoms with Crippen LogP contribution in [0.2, 0.25) is 0 Å². The Bertz CT molecular complexity index is 234. The van der Waals surface area contributed by atoms with Gasteiger partial charge in [0, 0.05) is 44.8 Å². The summed E-state index contributed by atoms with van der Waals surface area (Å²) in [5, 5.41) is 12.2. The van der Waals surface area contributed by atoms with Crippen LogP contribution in [-0.2, 0) is 0 Å². The SMILES string of the molecule is CC1CNCC2CN(C(=O)O)CCN12. The van der Waals surface area contributed by atoms with Gasteiger partial charge in [-0.3, -0.25) is 4.90 Å². The number of nitrogens with one attached hydrogen (secondary N) is 1. The molecule has 2 saturated heterocycles. The third-order valence-electron chi connectivity index (χ3n) is 3.18. The molecule has 5 heteroatoms. The fourth-order valence-electron chi connectivity index (χ4n) is 2.38. The molecule has 0 bridgehead atoms. The molecule has 2 heterocycles. The Labute approximate surface area is 83.7 Å². The zero-order valence-electron chi connectivity index (χ0n) is 8.44. The Hall–Kier alpha value is -0.810. The molecule has 0 radical (unpaired) electrons. The lowest BCUT2D eigenvalue weighted by atomic mass is 10.1. The van der Waals surface area contributed by atoms with Crippen LogP contribution in [0.25, 0.3) is 0 Å². The molecule has 0 aromatic heterocycles. The van der Waals surface area contributed by atoms with Crippen molar-refractivity contribution in [1.29, 1.82) is 0 Å². The summed E-state index contributed by atoms with van der Waals surface area (Å²) in [6.45, 7) is 6.29. The van der Waals surface area contributed by atoms with Gasteiger partial charge in [-0.05, 0) is 6.92 Å². The smallest absolute Gasteiger partial charge is 0.407 e. The normalized spacial score (nSPS) is 33.9. The number of hydrogen-bond acceptors (Lipinski definition) is 3. The van der Waals surface area contributed by atoms with Crippen molar-refractivity contribution in [2.75, 3.05) is 32.7 Å². The lowest BCUT2D eigenvalue weighted by molar-refractivity contribution is 0.0287. The maximum absolute atomic E-state index is 10.8. The Morgan fingerprint density at radius 2 is 2.21 bits per heavy atom. The molecule has 2 atom stereocenters. The number of carbonyl (C=O) groups is 1. The van der Waals surface area contributed by atoms with Gasteiger partial charge in [0.2, 0.25) is 0 Å². The van der Waals surface area contributed by atoms with Crippen LogP contribution in [0.3, 0.4) is 0 Å². The first kappa shape index (κ1) is 9.73. The topological polar surface area (TPSA) is 55.8 Å². The van der Waals surface area contributed by atoms with E-state index in [2.05, 4.69) is 17.1 Å². The van der Waals surface area contributed by atoms with Crippen LogP contribution in [0.4, 0.5) is 4.79 Å². The van der Waals surface area contributed by atoms with E-state index in [0.717, 1.165) is 19.6 Å². The van der Waals surface area contributed by atoms with Gasteiger partial charge < -0.3 is 15.3 Å². The number of hydrogen-bond donors (Lipinski definition) is 2. The number of rotatable bonds is 0. The van der Waals surface area contributed by atoms with Gasteiger partial charge in [0.05, 0.1) is 0 Å². The minimum Gasteiger partial charge on any atom is -0.465 e.